The van der Waals surface area contributed by atoms with Crippen LogP contribution in [0.5, 0.6) is 0 Å². The normalized spacial score (nSPS) is 13.7. The monoisotopic (exact) mass is 383 g/mol. The van der Waals surface area contributed by atoms with Crippen LogP contribution < -0.4 is 16.0 Å². The molecular weight excluding hydrogens is 346 g/mol. The molecule has 7 nitrogen and oxygen atoms in total. The summed E-state index contributed by atoms with van der Waals surface area (Å²) in [5.41, 5.74) is -1.50. The highest BCUT2D eigenvalue weighted by Gasteiger charge is 2.29. The number of rotatable bonds is 8. The molecule has 27 heavy (non-hydrogen) atoms. The fourth-order valence-electron chi connectivity index (χ4n) is 1.99. The van der Waals surface area contributed by atoms with Crippen molar-refractivity contribution in [2.75, 3.05) is 13.1 Å². The highest BCUT2D eigenvalue weighted by molar-refractivity contribution is 5.94. The van der Waals surface area contributed by atoms with Gasteiger partial charge in [0.15, 0.2) is 11.6 Å². The Morgan fingerprint density at radius 2 is 1.11 bits per heavy atom. The van der Waals surface area contributed by atoms with Crippen LogP contribution in [-0.4, -0.2) is 48.1 Å². The SMILES string of the molecule is CC(C)(C)NC(CC(=O)NCC(=O)C(C)(C)C)C(=O)NCC(=O)C(C)(C)C. The summed E-state index contributed by atoms with van der Waals surface area (Å²) in [6.07, 6.45) is -0.121. The third-order valence-electron chi connectivity index (χ3n) is 3.86. The zero-order valence-corrected chi connectivity index (χ0v) is 18.3. The first-order valence-corrected chi connectivity index (χ1v) is 9.32. The summed E-state index contributed by atoms with van der Waals surface area (Å²) in [7, 11) is 0. The van der Waals surface area contributed by atoms with E-state index in [0.717, 1.165) is 0 Å². The van der Waals surface area contributed by atoms with Crippen molar-refractivity contribution in [3.8, 4) is 0 Å². The van der Waals surface area contributed by atoms with E-state index >= 15 is 0 Å². The van der Waals surface area contributed by atoms with Crippen molar-refractivity contribution in [1.29, 1.82) is 0 Å². The van der Waals surface area contributed by atoms with Gasteiger partial charge in [-0.15, -0.1) is 0 Å². The lowest BCUT2D eigenvalue weighted by Gasteiger charge is -2.28. The van der Waals surface area contributed by atoms with Crippen molar-refractivity contribution in [2.45, 2.75) is 80.3 Å². The molecule has 2 amide bonds. The molecule has 0 aromatic heterocycles. The van der Waals surface area contributed by atoms with Gasteiger partial charge in [0.1, 0.15) is 0 Å². The molecule has 156 valence electrons. The minimum Gasteiger partial charge on any atom is -0.349 e. The standard InChI is InChI=1S/C20H37N3O4/c1-18(2,3)14(24)11-21-16(26)10-13(23-20(7,8)9)17(27)22-12-15(25)19(4,5)6/h13,23H,10-12H2,1-9H3,(H,21,26)(H,22,27). The first-order chi connectivity index (χ1) is 11.9. The Hall–Kier alpha value is -1.76. The van der Waals surface area contributed by atoms with E-state index in [-0.39, 0.29) is 31.1 Å². The number of ketones is 2. The molecule has 3 N–H and O–H groups in total. The lowest BCUT2D eigenvalue weighted by Crippen LogP contribution is -2.54. The molecule has 0 radical (unpaired) electrons. The number of hydrogen-bond donors (Lipinski definition) is 3. The van der Waals surface area contributed by atoms with Gasteiger partial charge >= 0.3 is 0 Å². The molecule has 0 aliphatic rings. The highest BCUT2D eigenvalue weighted by atomic mass is 16.2. The van der Waals surface area contributed by atoms with Crippen LogP contribution >= 0.6 is 0 Å². The average molecular weight is 384 g/mol. The Labute approximate surface area is 163 Å². The zero-order chi connectivity index (χ0) is 21.6. The summed E-state index contributed by atoms with van der Waals surface area (Å²) in [5.74, 6) is -0.992. The van der Waals surface area contributed by atoms with E-state index in [1.54, 1.807) is 41.5 Å². The van der Waals surface area contributed by atoms with Crippen molar-refractivity contribution in [2.24, 2.45) is 10.8 Å². The van der Waals surface area contributed by atoms with Crippen LogP contribution in [0, 0.1) is 10.8 Å². The molecule has 0 aliphatic carbocycles. The zero-order valence-electron chi connectivity index (χ0n) is 18.3. The summed E-state index contributed by atoms with van der Waals surface area (Å²) in [6.45, 7) is 16.2. The van der Waals surface area contributed by atoms with E-state index < -0.39 is 34.2 Å². The van der Waals surface area contributed by atoms with Gasteiger partial charge in [0.05, 0.1) is 25.6 Å². The summed E-state index contributed by atoms with van der Waals surface area (Å²) < 4.78 is 0. The van der Waals surface area contributed by atoms with Gasteiger partial charge in [0.25, 0.3) is 0 Å². The number of carbonyl (C=O) groups excluding carboxylic acids is 4. The second-order valence-electron chi connectivity index (χ2n) is 9.99. The van der Waals surface area contributed by atoms with Crippen LogP contribution in [0.1, 0.15) is 68.7 Å². The van der Waals surface area contributed by atoms with Crippen LogP contribution in [0.25, 0.3) is 0 Å². The molecule has 0 rings (SSSR count). The molecule has 1 unspecified atom stereocenters. The molecule has 0 fully saturated rings. The van der Waals surface area contributed by atoms with Crippen molar-refractivity contribution in [3.63, 3.8) is 0 Å². The molecule has 0 aromatic rings. The fraction of sp³-hybridized carbons (Fsp3) is 0.800. The highest BCUT2D eigenvalue weighted by Crippen LogP contribution is 2.14. The molecule has 0 spiro atoms. The Morgan fingerprint density at radius 3 is 1.48 bits per heavy atom. The van der Waals surface area contributed by atoms with Crippen LogP contribution in [0.4, 0.5) is 0 Å². The van der Waals surface area contributed by atoms with Gasteiger partial charge < -0.3 is 16.0 Å². The Bertz CT molecular complexity index is 563. The van der Waals surface area contributed by atoms with Gasteiger partial charge in [-0.05, 0) is 20.8 Å². The summed E-state index contributed by atoms with van der Waals surface area (Å²) >= 11 is 0. The molecule has 0 saturated heterocycles. The number of hydrogen-bond acceptors (Lipinski definition) is 5. The first kappa shape index (κ1) is 25.2. The lowest BCUT2D eigenvalue weighted by atomic mass is 9.90. The van der Waals surface area contributed by atoms with E-state index in [9.17, 15) is 19.2 Å². The summed E-state index contributed by atoms with van der Waals surface area (Å²) in [6, 6.07) is -0.803. The molecule has 0 aromatic carbocycles. The molecule has 0 saturated carbocycles. The lowest BCUT2D eigenvalue weighted by molar-refractivity contribution is -0.132. The summed E-state index contributed by atoms with van der Waals surface area (Å²) in [4.78, 5) is 48.7. The van der Waals surface area contributed by atoms with Crippen LogP contribution in [0.2, 0.25) is 0 Å². The molecule has 0 aliphatic heterocycles. The van der Waals surface area contributed by atoms with Crippen LogP contribution in [0.3, 0.4) is 0 Å². The largest absolute Gasteiger partial charge is 0.349 e. The van der Waals surface area contributed by atoms with Crippen molar-refractivity contribution < 1.29 is 19.2 Å². The van der Waals surface area contributed by atoms with Crippen molar-refractivity contribution in [1.82, 2.24) is 16.0 Å². The van der Waals surface area contributed by atoms with Crippen molar-refractivity contribution >= 4 is 23.4 Å². The number of amides is 2. The number of nitrogens with one attached hydrogen (secondary N) is 3. The molecular formula is C20H37N3O4. The van der Waals surface area contributed by atoms with Gasteiger partial charge in [-0.25, -0.2) is 0 Å². The van der Waals surface area contributed by atoms with Crippen LogP contribution in [0.15, 0.2) is 0 Å². The fourth-order valence-corrected chi connectivity index (χ4v) is 1.99. The Morgan fingerprint density at radius 1 is 0.704 bits per heavy atom. The third-order valence-corrected chi connectivity index (χ3v) is 3.86. The van der Waals surface area contributed by atoms with E-state index in [0.29, 0.717) is 0 Å². The van der Waals surface area contributed by atoms with Gasteiger partial charge in [-0.2, -0.15) is 0 Å². The molecule has 7 heteroatoms. The van der Waals surface area contributed by atoms with Gasteiger partial charge in [-0.3, -0.25) is 19.2 Å². The minimum atomic E-state index is -0.803. The van der Waals surface area contributed by atoms with E-state index in [1.807, 2.05) is 20.8 Å². The number of Topliss-reactive ketones (excluding diaryl/α,β-unsaturated/α-hetero) is 2. The minimum absolute atomic E-state index is 0.0747. The average Bonchev–Trinajstić information content (AvgIpc) is 2.45. The maximum Gasteiger partial charge on any atom is 0.238 e. The topological polar surface area (TPSA) is 104 Å². The summed E-state index contributed by atoms with van der Waals surface area (Å²) in [5, 5.41) is 8.28. The molecule has 0 bridgehead atoms. The van der Waals surface area contributed by atoms with Crippen LogP contribution in [-0.2, 0) is 19.2 Å². The van der Waals surface area contributed by atoms with E-state index in [2.05, 4.69) is 16.0 Å². The second kappa shape index (κ2) is 9.44. The maximum atomic E-state index is 12.5. The third kappa shape index (κ3) is 10.9. The van der Waals surface area contributed by atoms with Crippen molar-refractivity contribution in [3.05, 3.63) is 0 Å². The van der Waals surface area contributed by atoms with Gasteiger partial charge in [-0.1, -0.05) is 41.5 Å². The van der Waals surface area contributed by atoms with E-state index in [4.69, 9.17) is 0 Å². The Balaban J connectivity index is 4.90. The predicted octanol–water partition coefficient (Wildman–Crippen LogP) is 1.60. The van der Waals surface area contributed by atoms with Gasteiger partial charge in [0.2, 0.25) is 11.8 Å². The first-order valence-electron chi connectivity index (χ1n) is 9.32. The van der Waals surface area contributed by atoms with E-state index in [1.165, 1.54) is 0 Å². The number of carbonyl (C=O) groups is 4. The van der Waals surface area contributed by atoms with Gasteiger partial charge in [0, 0.05) is 16.4 Å². The quantitative estimate of drug-likeness (QED) is 0.590. The molecule has 0 heterocycles. The second-order valence-corrected chi connectivity index (χ2v) is 9.99. The Kier molecular flexibility index (Phi) is 8.82. The maximum absolute atomic E-state index is 12.5. The predicted molar refractivity (Wildman–Crippen MR) is 106 cm³/mol. The molecule has 1 atom stereocenters. The smallest absolute Gasteiger partial charge is 0.238 e.